The van der Waals surface area contributed by atoms with Crippen LogP contribution in [0.1, 0.15) is 33.6 Å². The monoisotopic (exact) mass is 213 g/mol. The standard InChI is InChI=1S/C11H19NO3/c1-5-8(3)10(13)9(6-2)7-12-11(14)15-4/h7-9H,5-6H2,1-4H3. The van der Waals surface area contributed by atoms with E-state index in [-0.39, 0.29) is 17.6 Å². The molecule has 0 heterocycles. The molecule has 0 saturated heterocycles. The van der Waals surface area contributed by atoms with Crippen molar-refractivity contribution in [2.45, 2.75) is 33.6 Å². The smallest absolute Gasteiger partial charge is 0.432 e. The van der Waals surface area contributed by atoms with E-state index in [4.69, 9.17) is 0 Å². The summed E-state index contributed by atoms with van der Waals surface area (Å²) in [7, 11) is 1.26. The van der Waals surface area contributed by atoms with Crippen molar-refractivity contribution >= 4 is 18.1 Å². The predicted octanol–water partition coefficient (Wildman–Crippen LogP) is 2.47. The zero-order valence-electron chi connectivity index (χ0n) is 9.82. The molecule has 0 aromatic heterocycles. The van der Waals surface area contributed by atoms with Gasteiger partial charge in [0.1, 0.15) is 5.78 Å². The van der Waals surface area contributed by atoms with Crippen LogP contribution in [-0.4, -0.2) is 25.2 Å². The lowest BCUT2D eigenvalue weighted by molar-refractivity contribution is -0.124. The molecule has 0 radical (unpaired) electrons. The number of hydrogen-bond acceptors (Lipinski definition) is 3. The topological polar surface area (TPSA) is 55.7 Å². The summed E-state index contributed by atoms with van der Waals surface area (Å²) in [5, 5.41) is 0. The quantitative estimate of drug-likeness (QED) is 0.659. The van der Waals surface area contributed by atoms with Gasteiger partial charge in [-0.2, -0.15) is 4.99 Å². The molecule has 0 rings (SSSR count). The molecule has 15 heavy (non-hydrogen) atoms. The molecular weight excluding hydrogens is 194 g/mol. The molecule has 0 saturated carbocycles. The molecule has 0 N–H and O–H groups in total. The predicted molar refractivity (Wildman–Crippen MR) is 59.1 cm³/mol. The van der Waals surface area contributed by atoms with Gasteiger partial charge in [-0.3, -0.25) is 4.79 Å². The minimum atomic E-state index is -0.662. The third-order valence-corrected chi connectivity index (χ3v) is 2.44. The van der Waals surface area contributed by atoms with Crippen molar-refractivity contribution in [1.29, 1.82) is 0 Å². The van der Waals surface area contributed by atoms with Gasteiger partial charge in [-0.15, -0.1) is 0 Å². The van der Waals surface area contributed by atoms with Crippen molar-refractivity contribution in [2.24, 2.45) is 16.8 Å². The fourth-order valence-corrected chi connectivity index (χ4v) is 1.15. The summed E-state index contributed by atoms with van der Waals surface area (Å²) in [6.45, 7) is 5.75. The van der Waals surface area contributed by atoms with E-state index in [0.29, 0.717) is 6.42 Å². The maximum atomic E-state index is 11.8. The Hall–Kier alpha value is -1.19. The Morgan fingerprint density at radius 3 is 2.33 bits per heavy atom. The van der Waals surface area contributed by atoms with E-state index >= 15 is 0 Å². The third kappa shape index (κ3) is 4.72. The summed E-state index contributed by atoms with van der Waals surface area (Å²) in [6, 6.07) is 0. The lowest BCUT2D eigenvalue weighted by atomic mass is 9.91. The molecule has 0 spiro atoms. The summed E-state index contributed by atoms with van der Waals surface area (Å²) >= 11 is 0. The van der Waals surface area contributed by atoms with Crippen LogP contribution in [0.25, 0.3) is 0 Å². The summed E-state index contributed by atoms with van der Waals surface area (Å²) in [5.74, 6) is -0.134. The fourth-order valence-electron chi connectivity index (χ4n) is 1.15. The van der Waals surface area contributed by atoms with Crippen LogP contribution in [-0.2, 0) is 9.53 Å². The van der Waals surface area contributed by atoms with E-state index in [1.165, 1.54) is 13.3 Å². The van der Waals surface area contributed by atoms with Crippen LogP contribution in [0.2, 0.25) is 0 Å². The van der Waals surface area contributed by atoms with Crippen molar-refractivity contribution in [1.82, 2.24) is 0 Å². The highest BCUT2D eigenvalue weighted by Gasteiger charge is 2.19. The number of Topliss-reactive ketones (excluding diaryl/α,β-unsaturated/α-hetero) is 1. The number of ether oxygens (including phenoxy) is 1. The highest BCUT2D eigenvalue weighted by Crippen LogP contribution is 2.12. The molecule has 4 nitrogen and oxygen atoms in total. The van der Waals surface area contributed by atoms with E-state index in [0.717, 1.165) is 6.42 Å². The van der Waals surface area contributed by atoms with Gasteiger partial charge in [0.15, 0.2) is 0 Å². The number of hydrogen-bond donors (Lipinski definition) is 0. The van der Waals surface area contributed by atoms with E-state index in [2.05, 4.69) is 9.73 Å². The molecule has 0 aromatic rings. The molecule has 2 unspecified atom stereocenters. The zero-order valence-corrected chi connectivity index (χ0v) is 9.82. The Morgan fingerprint density at radius 1 is 1.33 bits per heavy atom. The molecule has 4 heteroatoms. The molecule has 0 aliphatic rings. The van der Waals surface area contributed by atoms with Crippen LogP contribution in [0.4, 0.5) is 4.79 Å². The Balaban J connectivity index is 4.43. The van der Waals surface area contributed by atoms with Gasteiger partial charge in [-0.1, -0.05) is 20.8 Å². The van der Waals surface area contributed by atoms with Crippen LogP contribution in [0.5, 0.6) is 0 Å². The maximum absolute atomic E-state index is 11.8. The molecule has 0 fully saturated rings. The maximum Gasteiger partial charge on any atom is 0.432 e. The lowest BCUT2D eigenvalue weighted by Gasteiger charge is -2.12. The first-order valence-electron chi connectivity index (χ1n) is 5.22. The second-order valence-electron chi connectivity index (χ2n) is 3.47. The Labute approximate surface area is 90.7 Å². The van der Waals surface area contributed by atoms with E-state index < -0.39 is 6.09 Å². The largest absolute Gasteiger partial charge is 0.451 e. The number of rotatable bonds is 5. The van der Waals surface area contributed by atoms with Gasteiger partial charge >= 0.3 is 6.09 Å². The lowest BCUT2D eigenvalue weighted by Crippen LogP contribution is -2.22. The molecule has 2 atom stereocenters. The van der Waals surface area contributed by atoms with Crippen molar-refractivity contribution in [3.05, 3.63) is 0 Å². The summed E-state index contributed by atoms with van der Waals surface area (Å²) in [4.78, 5) is 26.1. The van der Waals surface area contributed by atoms with E-state index in [1.807, 2.05) is 20.8 Å². The molecule has 86 valence electrons. The van der Waals surface area contributed by atoms with Gasteiger partial charge < -0.3 is 4.74 Å². The van der Waals surface area contributed by atoms with Gasteiger partial charge in [0.25, 0.3) is 0 Å². The second kappa shape index (κ2) is 7.15. The summed E-state index contributed by atoms with van der Waals surface area (Å²) < 4.78 is 4.36. The number of carbonyl (C=O) groups is 2. The van der Waals surface area contributed by atoms with Gasteiger partial charge in [0, 0.05) is 12.1 Å². The van der Waals surface area contributed by atoms with E-state index in [1.54, 1.807) is 0 Å². The molecule has 0 aliphatic carbocycles. The molecule has 1 amide bonds. The Morgan fingerprint density at radius 2 is 1.93 bits per heavy atom. The summed E-state index contributed by atoms with van der Waals surface area (Å²) in [5.41, 5.74) is 0. The average Bonchev–Trinajstić information content (AvgIpc) is 2.27. The molecular formula is C11H19NO3. The van der Waals surface area contributed by atoms with Crippen LogP contribution in [0.15, 0.2) is 4.99 Å². The zero-order chi connectivity index (χ0) is 11.8. The number of aliphatic imine (C=N–C) groups is 1. The number of nitrogens with zero attached hydrogens (tertiary/aromatic N) is 1. The minimum Gasteiger partial charge on any atom is -0.451 e. The van der Waals surface area contributed by atoms with Crippen LogP contribution in [0.3, 0.4) is 0 Å². The van der Waals surface area contributed by atoms with Gasteiger partial charge in [-0.05, 0) is 12.8 Å². The SMILES string of the molecule is CCC(C)C(=O)C(C=NC(=O)OC)CC. The van der Waals surface area contributed by atoms with Crippen LogP contribution in [0, 0.1) is 11.8 Å². The first kappa shape index (κ1) is 13.8. The highest BCUT2D eigenvalue weighted by atomic mass is 16.5. The molecule has 0 aromatic carbocycles. The van der Waals surface area contributed by atoms with Crippen molar-refractivity contribution in [3.63, 3.8) is 0 Å². The minimum absolute atomic E-state index is 0.0130. The number of amides is 1. The number of ketones is 1. The van der Waals surface area contributed by atoms with Crippen LogP contribution < -0.4 is 0 Å². The van der Waals surface area contributed by atoms with Gasteiger partial charge in [0.05, 0.1) is 13.0 Å². The normalized spacial score (nSPS) is 14.9. The van der Waals surface area contributed by atoms with Gasteiger partial charge in [-0.25, -0.2) is 4.79 Å². The van der Waals surface area contributed by atoms with E-state index in [9.17, 15) is 9.59 Å². The third-order valence-electron chi connectivity index (χ3n) is 2.44. The first-order valence-corrected chi connectivity index (χ1v) is 5.22. The molecule has 0 bridgehead atoms. The Kier molecular flexibility index (Phi) is 6.58. The first-order chi connectivity index (χ1) is 7.06. The number of methoxy groups -OCH3 is 1. The van der Waals surface area contributed by atoms with Gasteiger partial charge in [0.2, 0.25) is 0 Å². The highest BCUT2D eigenvalue weighted by molar-refractivity contribution is 5.98. The van der Waals surface area contributed by atoms with Crippen LogP contribution >= 0.6 is 0 Å². The number of carbonyl (C=O) groups excluding carboxylic acids is 2. The van der Waals surface area contributed by atoms with Crippen molar-refractivity contribution < 1.29 is 14.3 Å². The molecule has 0 aliphatic heterocycles. The van der Waals surface area contributed by atoms with Crippen molar-refractivity contribution in [3.8, 4) is 0 Å². The summed E-state index contributed by atoms with van der Waals surface area (Å²) in [6.07, 6.45) is 2.19. The van der Waals surface area contributed by atoms with Crippen molar-refractivity contribution in [2.75, 3.05) is 7.11 Å². The fraction of sp³-hybridized carbons (Fsp3) is 0.727. The average molecular weight is 213 g/mol. The Bertz CT molecular complexity index is 248. The second-order valence-corrected chi connectivity index (χ2v) is 3.47.